The molecule has 1 aromatic heterocycles. The molecule has 0 saturated carbocycles. The SMILES string of the molecule is C1=C[N]C(c2ccoc2)=C1. The molecule has 0 N–H and O–H groups in total. The Morgan fingerprint density at radius 1 is 1.40 bits per heavy atom. The fraction of sp³-hybridized carbons (Fsp3) is 0. The molecule has 1 aromatic rings. The van der Waals surface area contributed by atoms with Gasteiger partial charge in [0.05, 0.1) is 18.2 Å². The second kappa shape index (κ2) is 2.06. The maximum absolute atomic E-state index is 4.90. The van der Waals surface area contributed by atoms with Gasteiger partial charge < -0.3 is 4.42 Å². The molecule has 2 heterocycles. The monoisotopic (exact) mass is 132 g/mol. The van der Waals surface area contributed by atoms with Gasteiger partial charge >= 0.3 is 0 Å². The number of allylic oxidation sites excluding steroid dienone is 2. The van der Waals surface area contributed by atoms with E-state index in [9.17, 15) is 0 Å². The molecule has 49 valence electrons. The van der Waals surface area contributed by atoms with Crippen molar-refractivity contribution < 1.29 is 4.42 Å². The minimum atomic E-state index is 0.966. The van der Waals surface area contributed by atoms with E-state index in [1.165, 1.54) is 0 Å². The molecular formula is C8H6NO. The predicted molar refractivity (Wildman–Crippen MR) is 38.0 cm³/mol. The molecule has 1 aliphatic heterocycles. The first-order valence-corrected chi connectivity index (χ1v) is 3.07. The third kappa shape index (κ3) is 0.739. The summed E-state index contributed by atoms with van der Waals surface area (Å²) in [5.41, 5.74) is 2.00. The van der Waals surface area contributed by atoms with E-state index in [1.807, 2.05) is 18.2 Å². The number of nitrogens with zero attached hydrogens (tertiary/aromatic N) is 1. The van der Waals surface area contributed by atoms with Gasteiger partial charge in [0.1, 0.15) is 0 Å². The molecule has 2 rings (SSSR count). The topological polar surface area (TPSA) is 27.2 Å². The molecule has 0 unspecified atom stereocenters. The van der Waals surface area contributed by atoms with Gasteiger partial charge in [-0.1, -0.05) is 0 Å². The first kappa shape index (κ1) is 5.35. The Labute approximate surface area is 58.9 Å². The van der Waals surface area contributed by atoms with Gasteiger partial charge in [-0.3, -0.25) is 5.32 Å². The molecule has 1 radical (unpaired) electrons. The smallest absolute Gasteiger partial charge is 0.0996 e. The summed E-state index contributed by atoms with van der Waals surface area (Å²) in [6.07, 6.45) is 8.95. The van der Waals surface area contributed by atoms with E-state index in [1.54, 1.807) is 18.7 Å². The van der Waals surface area contributed by atoms with Crippen LogP contribution in [0.25, 0.3) is 5.70 Å². The van der Waals surface area contributed by atoms with E-state index >= 15 is 0 Å². The van der Waals surface area contributed by atoms with Gasteiger partial charge in [0.2, 0.25) is 0 Å². The van der Waals surface area contributed by atoms with Crippen LogP contribution in [0.15, 0.2) is 41.4 Å². The highest BCUT2D eigenvalue weighted by molar-refractivity contribution is 5.67. The fourth-order valence-corrected chi connectivity index (χ4v) is 0.882. The summed E-state index contributed by atoms with van der Waals surface area (Å²) in [6, 6.07) is 1.89. The summed E-state index contributed by atoms with van der Waals surface area (Å²) in [5.74, 6) is 0. The highest BCUT2D eigenvalue weighted by atomic mass is 16.3. The lowest BCUT2D eigenvalue weighted by Crippen LogP contribution is -1.88. The lowest BCUT2D eigenvalue weighted by atomic mass is 10.2. The minimum Gasteiger partial charge on any atom is -0.472 e. The van der Waals surface area contributed by atoms with E-state index in [2.05, 4.69) is 5.32 Å². The highest BCUT2D eigenvalue weighted by Gasteiger charge is 2.03. The van der Waals surface area contributed by atoms with E-state index in [4.69, 9.17) is 4.42 Å². The van der Waals surface area contributed by atoms with Crippen LogP contribution in [0.4, 0.5) is 0 Å². The molecule has 2 heteroatoms. The van der Waals surface area contributed by atoms with Crippen molar-refractivity contribution in [3.63, 3.8) is 0 Å². The lowest BCUT2D eigenvalue weighted by molar-refractivity contribution is 0.566. The molecule has 0 fully saturated rings. The van der Waals surface area contributed by atoms with Crippen LogP contribution >= 0.6 is 0 Å². The molecule has 0 atom stereocenters. The Morgan fingerprint density at radius 3 is 3.00 bits per heavy atom. The second-order valence-corrected chi connectivity index (χ2v) is 2.03. The van der Waals surface area contributed by atoms with Gasteiger partial charge in [-0.2, -0.15) is 0 Å². The molecule has 10 heavy (non-hydrogen) atoms. The normalized spacial score (nSPS) is 15.0. The van der Waals surface area contributed by atoms with Crippen LogP contribution in [-0.4, -0.2) is 0 Å². The molecule has 0 spiro atoms. The average Bonchev–Trinajstić information content (AvgIpc) is 2.59. The van der Waals surface area contributed by atoms with Gasteiger partial charge in [-0.25, -0.2) is 0 Å². The standard InChI is InChI=1S/C8H6NO/c1-2-8(9-4-1)7-3-5-10-6-7/h1-6H. The van der Waals surface area contributed by atoms with Crippen LogP contribution in [-0.2, 0) is 0 Å². The Morgan fingerprint density at radius 2 is 2.40 bits per heavy atom. The zero-order valence-electron chi connectivity index (χ0n) is 5.32. The van der Waals surface area contributed by atoms with Crippen molar-refractivity contribution in [2.45, 2.75) is 0 Å². The summed E-state index contributed by atoms with van der Waals surface area (Å²) >= 11 is 0. The van der Waals surface area contributed by atoms with Gasteiger partial charge in [0.15, 0.2) is 0 Å². The Kier molecular flexibility index (Phi) is 1.10. The van der Waals surface area contributed by atoms with Gasteiger partial charge in [-0.15, -0.1) is 0 Å². The summed E-state index contributed by atoms with van der Waals surface area (Å²) < 4.78 is 4.90. The summed E-state index contributed by atoms with van der Waals surface area (Å²) in [4.78, 5) is 0. The lowest BCUT2D eigenvalue weighted by Gasteiger charge is -1.92. The van der Waals surface area contributed by atoms with Crippen LogP contribution in [0.5, 0.6) is 0 Å². The van der Waals surface area contributed by atoms with E-state index in [-0.39, 0.29) is 0 Å². The van der Waals surface area contributed by atoms with E-state index in [0.717, 1.165) is 11.3 Å². The van der Waals surface area contributed by atoms with E-state index in [0.29, 0.717) is 0 Å². The molecule has 0 saturated heterocycles. The summed E-state index contributed by atoms with van der Waals surface area (Å²) in [7, 11) is 0. The zero-order chi connectivity index (χ0) is 6.81. The number of hydrogen-bond acceptors (Lipinski definition) is 1. The second-order valence-electron chi connectivity index (χ2n) is 2.03. The quantitative estimate of drug-likeness (QED) is 0.572. The van der Waals surface area contributed by atoms with Gasteiger partial charge in [0.25, 0.3) is 0 Å². The average molecular weight is 132 g/mol. The highest BCUT2D eigenvalue weighted by Crippen LogP contribution is 2.15. The van der Waals surface area contributed by atoms with E-state index < -0.39 is 0 Å². The summed E-state index contributed by atoms with van der Waals surface area (Å²) in [5, 5.41) is 4.10. The number of furan rings is 1. The molecule has 0 aromatic carbocycles. The Bertz CT molecular complexity index is 269. The molecule has 0 bridgehead atoms. The molecule has 2 nitrogen and oxygen atoms in total. The number of hydrogen-bond donors (Lipinski definition) is 0. The largest absolute Gasteiger partial charge is 0.472 e. The van der Waals surface area contributed by atoms with Crippen LogP contribution in [0.1, 0.15) is 5.56 Å². The first-order valence-electron chi connectivity index (χ1n) is 3.07. The Hall–Kier alpha value is -1.44. The van der Waals surface area contributed by atoms with Crippen molar-refractivity contribution in [2.24, 2.45) is 0 Å². The maximum Gasteiger partial charge on any atom is 0.0996 e. The van der Waals surface area contributed by atoms with Crippen LogP contribution in [0, 0.1) is 0 Å². The molecule has 1 aliphatic rings. The third-order valence-corrected chi connectivity index (χ3v) is 1.37. The van der Waals surface area contributed by atoms with Crippen molar-refractivity contribution in [2.75, 3.05) is 0 Å². The third-order valence-electron chi connectivity index (χ3n) is 1.37. The molecular weight excluding hydrogens is 126 g/mol. The summed E-state index contributed by atoms with van der Waals surface area (Å²) in [6.45, 7) is 0. The molecule has 0 aliphatic carbocycles. The first-order chi connectivity index (χ1) is 4.97. The van der Waals surface area contributed by atoms with Crippen molar-refractivity contribution in [1.29, 1.82) is 0 Å². The van der Waals surface area contributed by atoms with Gasteiger partial charge in [0, 0.05) is 11.8 Å². The van der Waals surface area contributed by atoms with Crippen molar-refractivity contribution >= 4 is 5.70 Å². The Balaban J connectivity index is 2.30. The van der Waals surface area contributed by atoms with Crippen molar-refractivity contribution in [3.8, 4) is 0 Å². The van der Waals surface area contributed by atoms with Crippen molar-refractivity contribution in [1.82, 2.24) is 5.32 Å². The van der Waals surface area contributed by atoms with Gasteiger partial charge in [-0.05, 0) is 18.2 Å². The fourth-order valence-electron chi connectivity index (χ4n) is 0.882. The zero-order valence-corrected chi connectivity index (χ0v) is 5.32. The predicted octanol–water partition coefficient (Wildman–Crippen LogP) is 1.75. The van der Waals surface area contributed by atoms with Crippen LogP contribution in [0.2, 0.25) is 0 Å². The van der Waals surface area contributed by atoms with Crippen LogP contribution in [0.3, 0.4) is 0 Å². The maximum atomic E-state index is 4.90. The van der Waals surface area contributed by atoms with Crippen LogP contribution < -0.4 is 5.32 Å². The minimum absolute atomic E-state index is 0.966. The number of rotatable bonds is 1. The molecule has 0 amide bonds. The van der Waals surface area contributed by atoms with Crippen molar-refractivity contribution in [3.05, 3.63) is 42.5 Å².